The quantitative estimate of drug-likeness (QED) is 0.320. The number of ketones is 1. The van der Waals surface area contributed by atoms with E-state index < -0.39 is 17.7 Å². The highest BCUT2D eigenvalue weighted by molar-refractivity contribution is 6.46. The van der Waals surface area contributed by atoms with E-state index in [1.807, 2.05) is 6.92 Å². The van der Waals surface area contributed by atoms with Crippen molar-refractivity contribution < 1.29 is 19.4 Å². The van der Waals surface area contributed by atoms with Crippen molar-refractivity contribution >= 4 is 17.4 Å². The lowest BCUT2D eigenvalue weighted by Gasteiger charge is -2.25. The maximum absolute atomic E-state index is 13.2. The predicted molar refractivity (Wildman–Crippen MR) is 128 cm³/mol. The van der Waals surface area contributed by atoms with Crippen molar-refractivity contribution in [1.82, 2.24) is 14.9 Å². The minimum absolute atomic E-state index is 0.0438. The number of ether oxygens (including phenoxy) is 1. The molecule has 34 heavy (non-hydrogen) atoms. The standard InChI is InChI=1S/C27H27N3O4/c1-17(2)16-34-22-7-6-20(13-18(22)3)25(31)23-24(21-5-4-10-29-14-21)30(27(33)26(23)32)15-19-8-11-28-12-9-19/h4-14,17,24,31H,15-16H2,1-3H3/b25-23-. The van der Waals surface area contributed by atoms with Crippen molar-refractivity contribution in [3.63, 3.8) is 0 Å². The highest BCUT2D eigenvalue weighted by atomic mass is 16.5. The number of Topliss-reactive ketones (excluding diaryl/α,β-unsaturated/α-hetero) is 1. The summed E-state index contributed by atoms with van der Waals surface area (Å²) in [5, 5.41) is 11.3. The number of benzene rings is 1. The number of aliphatic hydroxyl groups excluding tert-OH is 1. The van der Waals surface area contributed by atoms with Crippen LogP contribution in [-0.2, 0) is 16.1 Å². The Labute approximate surface area is 198 Å². The fourth-order valence-electron chi connectivity index (χ4n) is 3.98. The Balaban J connectivity index is 1.77. The fourth-order valence-corrected chi connectivity index (χ4v) is 3.98. The van der Waals surface area contributed by atoms with Crippen molar-refractivity contribution in [3.8, 4) is 5.75 Å². The van der Waals surface area contributed by atoms with Crippen LogP contribution >= 0.6 is 0 Å². The third-order valence-corrected chi connectivity index (χ3v) is 5.66. The number of rotatable bonds is 7. The summed E-state index contributed by atoms with van der Waals surface area (Å²) in [6, 6.07) is 11.6. The first-order valence-corrected chi connectivity index (χ1v) is 11.2. The monoisotopic (exact) mass is 457 g/mol. The summed E-state index contributed by atoms with van der Waals surface area (Å²) in [7, 11) is 0. The van der Waals surface area contributed by atoms with Crippen LogP contribution in [0.15, 0.2) is 72.8 Å². The average Bonchev–Trinajstić information content (AvgIpc) is 3.09. The maximum Gasteiger partial charge on any atom is 0.295 e. The van der Waals surface area contributed by atoms with E-state index >= 15 is 0 Å². The second kappa shape index (κ2) is 9.87. The molecule has 1 aliphatic heterocycles. The minimum atomic E-state index is -0.765. The summed E-state index contributed by atoms with van der Waals surface area (Å²) in [6.07, 6.45) is 6.50. The molecule has 7 nitrogen and oxygen atoms in total. The van der Waals surface area contributed by atoms with E-state index in [0.29, 0.717) is 29.4 Å². The summed E-state index contributed by atoms with van der Waals surface area (Å²) in [5.74, 6) is -0.516. The highest BCUT2D eigenvalue weighted by Gasteiger charge is 2.46. The number of hydrogen-bond donors (Lipinski definition) is 1. The zero-order valence-electron chi connectivity index (χ0n) is 19.4. The Morgan fingerprint density at radius 2 is 1.85 bits per heavy atom. The van der Waals surface area contributed by atoms with Crippen molar-refractivity contribution in [2.24, 2.45) is 5.92 Å². The molecular formula is C27H27N3O4. The molecule has 4 rings (SSSR count). The largest absolute Gasteiger partial charge is 0.507 e. The molecule has 3 heterocycles. The number of likely N-dealkylation sites (tertiary alicyclic amines) is 1. The minimum Gasteiger partial charge on any atom is -0.507 e. The maximum atomic E-state index is 13.2. The van der Waals surface area contributed by atoms with Gasteiger partial charge in [-0.05, 0) is 65.9 Å². The molecule has 1 unspecified atom stereocenters. The van der Waals surface area contributed by atoms with Crippen LogP contribution in [0.3, 0.4) is 0 Å². The Morgan fingerprint density at radius 3 is 2.50 bits per heavy atom. The number of amides is 1. The molecule has 1 amide bonds. The number of aromatic nitrogens is 2. The SMILES string of the molecule is Cc1cc(/C(O)=C2/C(=O)C(=O)N(Cc3ccncc3)C2c2cccnc2)ccc1OCC(C)C. The molecule has 1 aromatic carbocycles. The summed E-state index contributed by atoms with van der Waals surface area (Å²) in [5.41, 5.74) is 2.79. The molecular weight excluding hydrogens is 430 g/mol. The van der Waals surface area contributed by atoms with Gasteiger partial charge in [0.1, 0.15) is 11.5 Å². The second-order valence-electron chi connectivity index (χ2n) is 8.75. The molecule has 1 N–H and O–H groups in total. The number of pyridine rings is 2. The van der Waals surface area contributed by atoms with Crippen molar-refractivity contribution in [3.05, 3.63) is 95.1 Å². The molecule has 3 aromatic rings. The molecule has 1 atom stereocenters. The van der Waals surface area contributed by atoms with E-state index in [2.05, 4.69) is 23.8 Å². The zero-order valence-corrected chi connectivity index (χ0v) is 19.4. The Morgan fingerprint density at radius 1 is 1.09 bits per heavy atom. The van der Waals surface area contributed by atoms with E-state index in [9.17, 15) is 14.7 Å². The van der Waals surface area contributed by atoms with Gasteiger partial charge in [-0.1, -0.05) is 19.9 Å². The van der Waals surface area contributed by atoms with Gasteiger partial charge in [0.2, 0.25) is 0 Å². The molecule has 0 aliphatic carbocycles. The topological polar surface area (TPSA) is 92.6 Å². The smallest absolute Gasteiger partial charge is 0.295 e. The number of carbonyl (C=O) groups excluding carboxylic acids is 2. The number of hydrogen-bond acceptors (Lipinski definition) is 6. The van der Waals surface area contributed by atoms with Crippen molar-refractivity contribution in [1.29, 1.82) is 0 Å². The first-order chi connectivity index (χ1) is 16.4. The van der Waals surface area contributed by atoms with Crippen LogP contribution in [0.4, 0.5) is 0 Å². The first-order valence-electron chi connectivity index (χ1n) is 11.2. The van der Waals surface area contributed by atoms with Gasteiger partial charge in [0.05, 0.1) is 18.2 Å². The Hall–Kier alpha value is -4.00. The molecule has 1 saturated heterocycles. The lowest BCUT2D eigenvalue weighted by Crippen LogP contribution is -2.29. The zero-order chi connectivity index (χ0) is 24.2. The number of nitrogens with zero attached hydrogens (tertiary/aromatic N) is 3. The molecule has 1 fully saturated rings. The van der Waals surface area contributed by atoms with Crippen LogP contribution in [-0.4, -0.2) is 38.3 Å². The van der Waals surface area contributed by atoms with Gasteiger partial charge >= 0.3 is 0 Å². The van der Waals surface area contributed by atoms with Crippen LogP contribution in [0.5, 0.6) is 5.75 Å². The predicted octanol–water partition coefficient (Wildman–Crippen LogP) is 4.44. The van der Waals surface area contributed by atoms with Gasteiger partial charge in [0, 0.05) is 36.9 Å². The molecule has 2 aromatic heterocycles. The van der Waals surface area contributed by atoms with Crippen LogP contribution in [0.25, 0.3) is 5.76 Å². The van der Waals surface area contributed by atoms with Crippen molar-refractivity contribution in [2.75, 3.05) is 6.61 Å². The summed E-state index contributed by atoms with van der Waals surface area (Å²) in [4.78, 5) is 35.9. The van der Waals surface area contributed by atoms with Gasteiger partial charge in [-0.15, -0.1) is 0 Å². The number of carbonyl (C=O) groups is 2. The van der Waals surface area contributed by atoms with Crippen LogP contribution in [0, 0.1) is 12.8 Å². The average molecular weight is 458 g/mol. The van der Waals surface area contributed by atoms with Gasteiger partial charge in [-0.3, -0.25) is 19.6 Å². The van der Waals surface area contributed by atoms with Gasteiger partial charge in [0.15, 0.2) is 0 Å². The van der Waals surface area contributed by atoms with E-state index in [1.165, 1.54) is 4.90 Å². The number of aryl methyl sites for hydroxylation is 1. The lowest BCUT2D eigenvalue weighted by atomic mass is 9.95. The molecule has 0 radical (unpaired) electrons. The third kappa shape index (κ3) is 4.69. The van der Waals surface area contributed by atoms with Crippen LogP contribution in [0.1, 0.15) is 42.1 Å². The molecule has 0 saturated carbocycles. The second-order valence-corrected chi connectivity index (χ2v) is 8.75. The van der Waals surface area contributed by atoms with Crippen LogP contribution in [0.2, 0.25) is 0 Å². The normalized spacial score (nSPS) is 17.4. The van der Waals surface area contributed by atoms with E-state index in [1.54, 1.807) is 67.3 Å². The van der Waals surface area contributed by atoms with Gasteiger partial charge < -0.3 is 14.7 Å². The molecule has 0 spiro atoms. The van der Waals surface area contributed by atoms with Crippen LogP contribution < -0.4 is 4.74 Å². The summed E-state index contributed by atoms with van der Waals surface area (Å²) in [6.45, 7) is 6.79. The Bertz CT molecular complexity index is 1220. The summed E-state index contributed by atoms with van der Waals surface area (Å²) < 4.78 is 5.83. The van der Waals surface area contributed by atoms with E-state index in [-0.39, 0.29) is 17.9 Å². The molecule has 1 aliphatic rings. The third-order valence-electron chi connectivity index (χ3n) is 5.66. The van der Waals surface area contributed by atoms with Crippen molar-refractivity contribution in [2.45, 2.75) is 33.4 Å². The molecule has 0 bridgehead atoms. The Kier molecular flexibility index (Phi) is 6.72. The highest BCUT2D eigenvalue weighted by Crippen LogP contribution is 2.40. The molecule has 7 heteroatoms. The lowest BCUT2D eigenvalue weighted by molar-refractivity contribution is -0.140. The number of aliphatic hydroxyl groups is 1. The van der Waals surface area contributed by atoms with E-state index in [0.717, 1.165) is 11.1 Å². The molecule has 174 valence electrons. The summed E-state index contributed by atoms with van der Waals surface area (Å²) >= 11 is 0. The van der Waals surface area contributed by atoms with Gasteiger partial charge in [-0.2, -0.15) is 0 Å². The van der Waals surface area contributed by atoms with Gasteiger partial charge in [-0.25, -0.2) is 0 Å². The first kappa shape index (κ1) is 23.2. The fraction of sp³-hybridized carbons (Fsp3) is 0.259. The van der Waals surface area contributed by atoms with E-state index in [4.69, 9.17) is 4.74 Å². The van der Waals surface area contributed by atoms with Gasteiger partial charge in [0.25, 0.3) is 11.7 Å².